The van der Waals surface area contributed by atoms with Gasteiger partial charge in [-0.15, -0.1) is 0 Å². The van der Waals surface area contributed by atoms with Crippen molar-refractivity contribution in [3.8, 4) is 5.75 Å². The largest absolute Gasteiger partial charge is 0.497 e. The lowest BCUT2D eigenvalue weighted by molar-refractivity contribution is 0.0528. The van der Waals surface area contributed by atoms with E-state index in [-0.39, 0.29) is 24.0 Å². The van der Waals surface area contributed by atoms with E-state index in [1.807, 2.05) is 29.2 Å². The molecule has 3 atom stereocenters. The van der Waals surface area contributed by atoms with Gasteiger partial charge < -0.3 is 14.7 Å². The van der Waals surface area contributed by atoms with E-state index >= 15 is 0 Å². The van der Waals surface area contributed by atoms with Crippen molar-refractivity contribution in [2.75, 3.05) is 13.7 Å². The molecule has 2 fully saturated rings. The lowest BCUT2D eigenvalue weighted by Crippen LogP contribution is -2.42. The van der Waals surface area contributed by atoms with Crippen molar-refractivity contribution in [2.24, 2.45) is 5.92 Å². The van der Waals surface area contributed by atoms with Crippen LogP contribution in [-0.2, 0) is 0 Å². The predicted molar refractivity (Wildman–Crippen MR) is 80.4 cm³/mol. The summed E-state index contributed by atoms with van der Waals surface area (Å²) in [6.07, 6.45) is 4.82. The van der Waals surface area contributed by atoms with E-state index in [1.54, 1.807) is 7.11 Å². The third-order valence-corrected chi connectivity index (χ3v) is 4.92. The second kappa shape index (κ2) is 6.06. The van der Waals surface area contributed by atoms with Gasteiger partial charge >= 0.3 is 0 Å². The minimum atomic E-state index is -0.237. The third-order valence-electron chi connectivity index (χ3n) is 4.92. The molecule has 21 heavy (non-hydrogen) atoms. The molecule has 1 aliphatic carbocycles. The summed E-state index contributed by atoms with van der Waals surface area (Å²) in [6.45, 7) is 0.804. The average Bonchev–Trinajstić information content (AvgIpc) is 3.14. The highest BCUT2D eigenvalue weighted by molar-refractivity contribution is 5.94. The molecule has 4 heteroatoms. The fourth-order valence-electron chi connectivity index (χ4n) is 3.81. The Morgan fingerprint density at radius 3 is 2.57 bits per heavy atom. The minimum Gasteiger partial charge on any atom is -0.497 e. The van der Waals surface area contributed by atoms with Crippen molar-refractivity contribution in [1.82, 2.24) is 4.90 Å². The number of amides is 1. The van der Waals surface area contributed by atoms with E-state index in [2.05, 4.69) is 0 Å². The van der Waals surface area contributed by atoms with Crippen LogP contribution in [0, 0.1) is 5.92 Å². The van der Waals surface area contributed by atoms with Gasteiger partial charge in [-0.05, 0) is 49.9 Å². The second-order valence-electron chi connectivity index (χ2n) is 6.10. The number of aliphatic hydroxyl groups is 1. The first-order valence-electron chi connectivity index (χ1n) is 7.84. The van der Waals surface area contributed by atoms with Gasteiger partial charge in [-0.3, -0.25) is 4.79 Å². The standard InChI is InChI=1S/C17H23NO3/c1-21-13-9-7-12(8-10-13)17(20)18-11-3-5-15(18)14-4-2-6-16(14)19/h7-10,14-16,19H,2-6,11H2,1H3. The summed E-state index contributed by atoms with van der Waals surface area (Å²) in [7, 11) is 1.62. The highest BCUT2D eigenvalue weighted by Crippen LogP contribution is 2.36. The van der Waals surface area contributed by atoms with Crippen molar-refractivity contribution in [3.05, 3.63) is 29.8 Å². The van der Waals surface area contributed by atoms with Gasteiger partial charge in [-0.25, -0.2) is 0 Å². The van der Waals surface area contributed by atoms with Gasteiger partial charge in [-0.1, -0.05) is 6.42 Å². The molecule has 0 spiro atoms. The number of ether oxygens (including phenoxy) is 1. The summed E-state index contributed by atoms with van der Waals surface area (Å²) < 4.78 is 5.13. The van der Waals surface area contributed by atoms with Crippen molar-refractivity contribution in [1.29, 1.82) is 0 Å². The fourth-order valence-corrected chi connectivity index (χ4v) is 3.81. The average molecular weight is 289 g/mol. The number of carbonyl (C=O) groups excluding carboxylic acids is 1. The zero-order valence-electron chi connectivity index (χ0n) is 12.5. The molecule has 0 radical (unpaired) electrons. The highest BCUT2D eigenvalue weighted by Gasteiger charge is 2.40. The van der Waals surface area contributed by atoms with Gasteiger partial charge in [0, 0.05) is 24.1 Å². The minimum absolute atomic E-state index is 0.0826. The Hall–Kier alpha value is -1.55. The molecular weight excluding hydrogens is 266 g/mol. The first kappa shape index (κ1) is 14.4. The number of hydrogen-bond acceptors (Lipinski definition) is 3. The summed E-state index contributed by atoms with van der Waals surface area (Å²) in [4.78, 5) is 14.7. The van der Waals surface area contributed by atoms with Crippen molar-refractivity contribution in [2.45, 2.75) is 44.2 Å². The lowest BCUT2D eigenvalue weighted by atomic mass is 9.93. The van der Waals surface area contributed by atoms with E-state index in [0.717, 1.165) is 44.4 Å². The molecule has 1 aliphatic heterocycles. The SMILES string of the molecule is COc1ccc(C(=O)N2CCCC2C2CCCC2O)cc1. The third kappa shape index (κ3) is 2.77. The molecule has 1 saturated carbocycles. The zero-order chi connectivity index (χ0) is 14.8. The van der Waals surface area contributed by atoms with E-state index in [1.165, 1.54) is 0 Å². The molecule has 1 aromatic rings. The Labute approximate surface area is 125 Å². The van der Waals surface area contributed by atoms with Crippen LogP contribution in [-0.4, -0.2) is 41.7 Å². The maximum Gasteiger partial charge on any atom is 0.254 e. The normalized spacial score (nSPS) is 28.9. The Kier molecular flexibility index (Phi) is 4.15. The van der Waals surface area contributed by atoms with Gasteiger partial charge in [-0.2, -0.15) is 0 Å². The molecule has 0 aromatic heterocycles. The topological polar surface area (TPSA) is 49.8 Å². The number of rotatable bonds is 3. The van der Waals surface area contributed by atoms with Crippen LogP contribution in [0.2, 0.25) is 0 Å². The van der Waals surface area contributed by atoms with E-state index in [9.17, 15) is 9.90 Å². The van der Waals surface area contributed by atoms with Crippen LogP contribution in [0.3, 0.4) is 0 Å². The van der Waals surface area contributed by atoms with Gasteiger partial charge in [0.1, 0.15) is 5.75 Å². The Balaban J connectivity index is 1.76. The van der Waals surface area contributed by atoms with Gasteiger partial charge in [0.05, 0.1) is 13.2 Å². The molecule has 1 saturated heterocycles. The summed E-state index contributed by atoms with van der Waals surface area (Å²) in [6, 6.07) is 7.49. The van der Waals surface area contributed by atoms with Crippen molar-refractivity contribution >= 4 is 5.91 Å². The van der Waals surface area contributed by atoms with E-state index in [0.29, 0.717) is 5.56 Å². The molecule has 114 valence electrons. The quantitative estimate of drug-likeness (QED) is 0.930. The van der Waals surface area contributed by atoms with Crippen LogP contribution in [0.25, 0.3) is 0 Å². The number of likely N-dealkylation sites (tertiary alicyclic amines) is 1. The Morgan fingerprint density at radius 1 is 1.19 bits per heavy atom. The molecule has 1 aromatic carbocycles. The molecule has 1 N–H and O–H groups in total. The molecule has 3 unspecified atom stereocenters. The summed E-state index contributed by atoms with van der Waals surface area (Å²) >= 11 is 0. The molecular formula is C17H23NO3. The summed E-state index contributed by atoms with van der Waals surface area (Å²) in [5.74, 6) is 1.10. The van der Waals surface area contributed by atoms with Crippen LogP contribution >= 0.6 is 0 Å². The molecule has 0 bridgehead atoms. The van der Waals surface area contributed by atoms with E-state index in [4.69, 9.17) is 4.74 Å². The molecule has 4 nitrogen and oxygen atoms in total. The molecule has 2 aliphatic rings. The molecule has 3 rings (SSSR count). The maximum absolute atomic E-state index is 12.7. The van der Waals surface area contributed by atoms with Gasteiger partial charge in [0.15, 0.2) is 0 Å². The number of nitrogens with zero attached hydrogens (tertiary/aromatic N) is 1. The first-order chi connectivity index (χ1) is 10.2. The molecule has 1 amide bonds. The summed E-state index contributed by atoms with van der Waals surface area (Å²) in [5.41, 5.74) is 0.704. The maximum atomic E-state index is 12.7. The first-order valence-corrected chi connectivity index (χ1v) is 7.84. The van der Waals surface area contributed by atoms with Crippen LogP contribution in [0.15, 0.2) is 24.3 Å². The Bertz CT molecular complexity index is 499. The van der Waals surface area contributed by atoms with Crippen molar-refractivity contribution in [3.63, 3.8) is 0 Å². The number of aliphatic hydroxyl groups excluding tert-OH is 1. The van der Waals surface area contributed by atoms with E-state index < -0.39 is 0 Å². The van der Waals surface area contributed by atoms with Crippen LogP contribution in [0.5, 0.6) is 5.75 Å². The smallest absolute Gasteiger partial charge is 0.254 e. The van der Waals surface area contributed by atoms with Crippen LogP contribution < -0.4 is 4.74 Å². The van der Waals surface area contributed by atoms with Crippen LogP contribution in [0.1, 0.15) is 42.5 Å². The fraction of sp³-hybridized carbons (Fsp3) is 0.588. The number of hydrogen-bond donors (Lipinski definition) is 1. The second-order valence-corrected chi connectivity index (χ2v) is 6.10. The monoisotopic (exact) mass is 289 g/mol. The van der Waals surface area contributed by atoms with Crippen LogP contribution in [0.4, 0.5) is 0 Å². The van der Waals surface area contributed by atoms with Gasteiger partial charge in [0.25, 0.3) is 5.91 Å². The highest BCUT2D eigenvalue weighted by atomic mass is 16.5. The lowest BCUT2D eigenvalue weighted by Gasteiger charge is -2.31. The molecule has 1 heterocycles. The predicted octanol–water partition coefficient (Wildman–Crippen LogP) is 2.46. The number of methoxy groups -OCH3 is 1. The number of benzene rings is 1. The number of carbonyl (C=O) groups is 1. The van der Waals surface area contributed by atoms with Crippen molar-refractivity contribution < 1.29 is 14.6 Å². The summed E-state index contributed by atoms with van der Waals surface area (Å²) in [5, 5.41) is 10.1. The zero-order valence-corrected chi connectivity index (χ0v) is 12.5. The van der Waals surface area contributed by atoms with Gasteiger partial charge in [0.2, 0.25) is 0 Å². The Morgan fingerprint density at radius 2 is 1.95 bits per heavy atom.